The fourth-order valence-electron chi connectivity index (χ4n) is 2.29. The molecular formula is C18H16ClN3O3S. The Labute approximate surface area is 159 Å². The predicted octanol–water partition coefficient (Wildman–Crippen LogP) is 4.57. The van der Waals surface area contributed by atoms with Crippen LogP contribution in [0, 0.1) is 0 Å². The molecule has 134 valence electrons. The summed E-state index contributed by atoms with van der Waals surface area (Å²) in [7, 11) is 3.76. The van der Waals surface area contributed by atoms with E-state index >= 15 is 0 Å². The lowest BCUT2D eigenvalue weighted by molar-refractivity contribution is 0.0995. The lowest BCUT2D eigenvalue weighted by Crippen LogP contribution is -2.16. The highest BCUT2D eigenvalue weighted by Crippen LogP contribution is 2.29. The molecule has 1 aromatic carbocycles. The minimum Gasteiger partial charge on any atom is -0.459 e. The Morgan fingerprint density at radius 1 is 1.08 bits per heavy atom. The summed E-state index contributed by atoms with van der Waals surface area (Å²) in [6.45, 7) is 0. The highest BCUT2D eigenvalue weighted by Gasteiger charge is 2.15. The van der Waals surface area contributed by atoms with Crippen LogP contribution in [0.15, 0.2) is 53.1 Å². The number of halogens is 1. The molecule has 0 aliphatic carbocycles. The first-order valence-electron chi connectivity index (χ1n) is 7.67. The Morgan fingerprint density at radius 3 is 2.58 bits per heavy atom. The summed E-state index contributed by atoms with van der Waals surface area (Å²) < 4.78 is 5.04. The van der Waals surface area contributed by atoms with Crippen LogP contribution in [0.2, 0.25) is 5.02 Å². The van der Waals surface area contributed by atoms with Crippen LogP contribution in [0.5, 0.6) is 0 Å². The summed E-state index contributed by atoms with van der Waals surface area (Å²) >= 11 is 7.21. The van der Waals surface area contributed by atoms with Crippen molar-refractivity contribution in [1.82, 2.24) is 0 Å². The van der Waals surface area contributed by atoms with Gasteiger partial charge in [0.15, 0.2) is 5.76 Å². The molecule has 2 heterocycles. The van der Waals surface area contributed by atoms with Gasteiger partial charge in [0, 0.05) is 19.1 Å². The second-order valence-corrected chi connectivity index (χ2v) is 7.13. The van der Waals surface area contributed by atoms with Gasteiger partial charge in [0.1, 0.15) is 0 Å². The SMILES string of the molecule is CN(C)c1ccc(Cl)cc1NC(=O)c1ccc(NC(=O)c2ccco2)s1. The van der Waals surface area contributed by atoms with E-state index in [9.17, 15) is 9.59 Å². The molecule has 0 aliphatic heterocycles. The van der Waals surface area contributed by atoms with Crippen LogP contribution in [-0.4, -0.2) is 25.9 Å². The van der Waals surface area contributed by atoms with Crippen LogP contribution in [0.1, 0.15) is 20.2 Å². The zero-order chi connectivity index (χ0) is 18.7. The zero-order valence-electron chi connectivity index (χ0n) is 14.1. The Morgan fingerprint density at radius 2 is 1.88 bits per heavy atom. The van der Waals surface area contributed by atoms with E-state index < -0.39 is 0 Å². The van der Waals surface area contributed by atoms with Crippen molar-refractivity contribution in [2.24, 2.45) is 0 Å². The standard InChI is InChI=1S/C18H16ClN3O3S/c1-22(2)13-6-5-11(19)10-12(13)20-18(24)15-7-8-16(26-15)21-17(23)14-4-3-9-25-14/h3-10H,1-2H3,(H,20,24)(H,21,23). The van der Waals surface area contributed by atoms with Crippen molar-refractivity contribution >= 4 is 51.1 Å². The van der Waals surface area contributed by atoms with Crippen LogP contribution < -0.4 is 15.5 Å². The van der Waals surface area contributed by atoms with Gasteiger partial charge in [-0.2, -0.15) is 0 Å². The number of nitrogens with one attached hydrogen (secondary N) is 2. The first-order valence-corrected chi connectivity index (χ1v) is 8.86. The lowest BCUT2D eigenvalue weighted by atomic mass is 10.2. The van der Waals surface area contributed by atoms with Gasteiger partial charge in [-0.3, -0.25) is 9.59 Å². The molecule has 0 fully saturated rings. The fraction of sp³-hybridized carbons (Fsp3) is 0.111. The summed E-state index contributed by atoms with van der Waals surface area (Å²) in [5.41, 5.74) is 1.45. The number of nitrogens with zero attached hydrogens (tertiary/aromatic N) is 1. The number of furan rings is 1. The largest absolute Gasteiger partial charge is 0.459 e. The molecular weight excluding hydrogens is 374 g/mol. The summed E-state index contributed by atoms with van der Waals surface area (Å²) in [5.74, 6) is -0.439. The Balaban J connectivity index is 1.73. The number of rotatable bonds is 5. The van der Waals surface area contributed by atoms with Crippen molar-refractivity contribution in [3.05, 3.63) is 64.4 Å². The van der Waals surface area contributed by atoms with Crippen molar-refractivity contribution in [2.45, 2.75) is 0 Å². The van der Waals surface area contributed by atoms with E-state index in [-0.39, 0.29) is 17.6 Å². The minimum atomic E-state index is -0.367. The van der Waals surface area contributed by atoms with E-state index in [4.69, 9.17) is 16.0 Å². The molecule has 2 aromatic heterocycles. The molecule has 3 aromatic rings. The smallest absolute Gasteiger partial charge is 0.291 e. The third-order valence-electron chi connectivity index (χ3n) is 3.50. The van der Waals surface area contributed by atoms with E-state index in [1.807, 2.05) is 25.1 Å². The van der Waals surface area contributed by atoms with Crippen molar-refractivity contribution < 1.29 is 14.0 Å². The molecule has 0 saturated heterocycles. The molecule has 0 saturated carbocycles. The van der Waals surface area contributed by atoms with Gasteiger partial charge in [-0.15, -0.1) is 11.3 Å². The average Bonchev–Trinajstić information content (AvgIpc) is 3.26. The number of anilines is 3. The maximum absolute atomic E-state index is 12.5. The first-order chi connectivity index (χ1) is 12.4. The second-order valence-electron chi connectivity index (χ2n) is 5.61. The molecule has 6 nitrogen and oxygen atoms in total. The molecule has 0 unspecified atom stereocenters. The molecule has 3 rings (SSSR count). The van der Waals surface area contributed by atoms with Crippen molar-refractivity contribution in [3.8, 4) is 0 Å². The van der Waals surface area contributed by atoms with Gasteiger partial charge in [0.05, 0.1) is 27.5 Å². The second kappa shape index (κ2) is 7.63. The van der Waals surface area contributed by atoms with Crippen molar-refractivity contribution in [1.29, 1.82) is 0 Å². The topological polar surface area (TPSA) is 74.6 Å². The van der Waals surface area contributed by atoms with Crippen LogP contribution in [0.25, 0.3) is 0 Å². The molecule has 0 bridgehead atoms. The summed E-state index contributed by atoms with van der Waals surface area (Å²) in [6.07, 6.45) is 1.43. The van der Waals surface area contributed by atoms with Crippen molar-refractivity contribution in [3.63, 3.8) is 0 Å². The fourth-order valence-corrected chi connectivity index (χ4v) is 3.26. The minimum absolute atomic E-state index is 0.207. The number of benzene rings is 1. The summed E-state index contributed by atoms with van der Waals surface area (Å²) in [5, 5.41) is 6.64. The van der Waals surface area contributed by atoms with Crippen LogP contribution in [0.4, 0.5) is 16.4 Å². The molecule has 0 atom stereocenters. The van der Waals surface area contributed by atoms with Crippen LogP contribution >= 0.6 is 22.9 Å². The molecule has 26 heavy (non-hydrogen) atoms. The monoisotopic (exact) mass is 389 g/mol. The maximum Gasteiger partial charge on any atom is 0.291 e. The number of carbonyl (C=O) groups excluding carboxylic acids is 2. The van der Waals surface area contributed by atoms with Gasteiger partial charge in [-0.1, -0.05) is 11.6 Å². The molecule has 2 amide bonds. The maximum atomic E-state index is 12.5. The van der Waals surface area contributed by atoms with E-state index in [1.165, 1.54) is 17.6 Å². The molecule has 0 spiro atoms. The van der Waals surface area contributed by atoms with E-state index in [0.717, 1.165) is 5.69 Å². The molecule has 2 N–H and O–H groups in total. The van der Waals surface area contributed by atoms with Gasteiger partial charge in [0.25, 0.3) is 11.8 Å². The Bertz CT molecular complexity index is 935. The number of hydrogen-bond donors (Lipinski definition) is 2. The number of thiophene rings is 1. The average molecular weight is 390 g/mol. The lowest BCUT2D eigenvalue weighted by Gasteiger charge is -2.18. The predicted molar refractivity (Wildman–Crippen MR) is 105 cm³/mol. The van der Waals surface area contributed by atoms with Crippen molar-refractivity contribution in [2.75, 3.05) is 29.6 Å². The number of amides is 2. The molecule has 0 radical (unpaired) electrons. The molecule has 0 aliphatic rings. The van der Waals surface area contributed by atoms with Gasteiger partial charge in [-0.25, -0.2) is 0 Å². The highest BCUT2D eigenvalue weighted by atomic mass is 35.5. The van der Waals surface area contributed by atoms with E-state index in [0.29, 0.717) is 20.6 Å². The Kier molecular flexibility index (Phi) is 5.29. The van der Waals surface area contributed by atoms with E-state index in [2.05, 4.69) is 10.6 Å². The van der Waals surface area contributed by atoms with Crippen LogP contribution in [-0.2, 0) is 0 Å². The summed E-state index contributed by atoms with van der Waals surface area (Å²) in [6, 6.07) is 11.8. The normalized spacial score (nSPS) is 10.4. The van der Waals surface area contributed by atoms with Gasteiger partial charge >= 0.3 is 0 Å². The Hall–Kier alpha value is -2.77. The van der Waals surface area contributed by atoms with Gasteiger partial charge < -0.3 is 20.0 Å². The quantitative estimate of drug-likeness (QED) is 0.670. The van der Waals surface area contributed by atoms with E-state index in [1.54, 1.807) is 36.4 Å². The third-order valence-corrected chi connectivity index (χ3v) is 4.73. The molecule has 8 heteroatoms. The van der Waals surface area contributed by atoms with Gasteiger partial charge in [-0.05, 0) is 42.5 Å². The number of carbonyl (C=O) groups is 2. The third kappa shape index (κ3) is 4.07. The van der Waals surface area contributed by atoms with Gasteiger partial charge in [0.2, 0.25) is 0 Å². The summed E-state index contributed by atoms with van der Waals surface area (Å²) in [4.78, 5) is 26.9. The van der Waals surface area contributed by atoms with Crippen LogP contribution in [0.3, 0.4) is 0 Å². The highest BCUT2D eigenvalue weighted by molar-refractivity contribution is 7.18. The number of hydrogen-bond acceptors (Lipinski definition) is 5. The first kappa shape index (κ1) is 18.0. The zero-order valence-corrected chi connectivity index (χ0v) is 15.6.